The molecular weight excluding hydrogens is 124 g/mol. The van der Waals surface area contributed by atoms with Gasteiger partial charge in [0.2, 0.25) is 0 Å². The second kappa shape index (κ2) is 3.20. The molecule has 0 amide bonds. The van der Waals surface area contributed by atoms with Crippen molar-refractivity contribution in [3.8, 4) is 0 Å². The summed E-state index contributed by atoms with van der Waals surface area (Å²) in [6.07, 6.45) is 5.30. The molecular formula is C9H16O. The highest BCUT2D eigenvalue weighted by Crippen LogP contribution is 2.20. The minimum absolute atomic E-state index is 0.392. The Bertz CT molecular complexity index is 138. The first-order chi connectivity index (χ1) is 4.74. The molecule has 1 heterocycles. The van der Waals surface area contributed by atoms with Crippen molar-refractivity contribution in [1.82, 2.24) is 0 Å². The third-order valence-corrected chi connectivity index (χ3v) is 2.05. The van der Waals surface area contributed by atoms with Gasteiger partial charge in [-0.25, -0.2) is 0 Å². The third-order valence-electron chi connectivity index (χ3n) is 2.05. The average molecular weight is 140 g/mol. The standard InChI is InChI=1S/C9H16O/c1-4-9-7(2)5-6-8(3)10-9/h5,8-9H,4,6H2,1-3H3. The summed E-state index contributed by atoms with van der Waals surface area (Å²) in [5, 5.41) is 0. The van der Waals surface area contributed by atoms with E-state index in [0.29, 0.717) is 12.2 Å². The summed E-state index contributed by atoms with van der Waals surface area (Å²) >= 11 is 0. The lowest BCUT2D eigenvalue weighted by atomic mass is 10.0. The fraction of sp³-hybridized carbons (Fsp3) is 0.778. The zero-order valence-electron chi connectivity index (χ0n) is 7.05. The van der Waals surface area contributed by atoms with Crippen LogP contribution in [0.3, 0.4) is 0 Å². The Morgan fingerprint density at radius 2 is 2.40 bits per heavy atom. The Labute approximate surface area is 63.1 Å². The highest BCUT2D eigenvalue weighted by Gasteiger charge is 2.16. The van der Waals surface area contributed by atoms with Crippen molar-refractivity contribution < 1.29 is 4.74 Å². The average Bonchev–Trinajstić information content (AvgIpc) is 1.94. The molecule has 0 spiro atoms. The van der Waals surface area contributed by atoms with Crippen LogP contribution in [0.25, 0.3) is 0 Å². The molecule has 1 nitrogen and oxygen atoms in total. The summed E-state index contributed by atoms with van der Waals surface area (Å²) < 4.78 is 5.68. The van der Waals surface area contributed by atoms with E-state index >= 15 is 0 Å². The van der Waals surface area contributed by atoms with Gasteiger partial charge >= 0.3 is 0 Å². The molecule has 1 rings (SSSR count). The number of hydrogen-bond acceptors (Lipinski definition) is 1. The van der Waals surface area contributed by atoms with Crippen LogP contribution >= 0.6 is 0 Å². The van der Waals surface area contributed by atoms with Crippen LogP contribution in [0.15, 0.2) is 11.6 Å². The SMILES string of the molecule is CCC1OC(C)CC=C1C. The van der Waals surface area contributed by atoms with Crippen molar-refractivity contribution in [3.05, 3.63) is 11.6 Å². The maximum absolute atomic E-state index is 5.68. The Morgan fingerprint density at radius 1 is 1.70 bits per heavy atom. The summed E-state index contributed by atoms with van der Waals surface area (Å²) in [5.74, 6) is 0. The summed E-state index contributed by atoms with van der Waals surface area (Å²) in [6, 6.07) is 0. The van der Waals surface area contributed by atoms with E-state index in [9.17, 15) is 0 Å². The molecule has 0 aromatic heterocycles. The molecule has 0 saturated carbocycles. The first-order valence-electron chi connectivity index (χ1n) is 4.06. The molecule has 0 saturated heterocycles. The van der Waals surface area contributed by atoms with Gasteiger partial charge in [-0.2, -0.15) is 0 Å². The molecule has 1 heteroatoms. The largest absolute Gasteiger partial charge is 0.371 e. The predicted molar refractivity (Wildman–Crippen MR) is 43.0 cm³/mol. The minimum Gasteiger partial charge on any atom is -0.371 e. The zero-order chi connectivity index (χ0) is 7.56. The molecule has 58 valence electrons. The third kappa shape index (κ3) is 1.60. The van der Waals surface area contributed by atoms with E-state index in [1.165, 1.54) is 5.57 Å². The van der Waals surface area contributed by atoms with Crippen molar-refractivity contribution in [3.63, 3.8) is 0 Å². The van der Waals surface area contributed by atoms with Crippen molar-refractivity contribution in [1.29, 1.82) is 0 Å². The van der Waals surface area contributed by atoms with Gasteiger partial charge in [0.1, 0.15) is 0 Å². The van der Waals surface area contributed by atoms with E-state index in [1.54, 1.807) is 0 Å². The van der Waals surface area contributed by atoms with Crippen molar-refractivity contribution in [2.45, 2.75) is 45.8 Å². The van der Waals surface area contributed by atoms with Crippen LogP contribution in [0.4, 0.5) is 0 Å². The maximum atomic E-state index is 5.68. The second-order valence-corrected chi connectivity index (χ2v) is 3.03. The second-order valence-electron chi connectivity index (χ2n) is 3.03. The van der Waals surface area contributed by atoms with Gasteiger partial charge in [-0.3, -0.25) is 0 Å². The first-order valence-corrected chi connectivity index (χ1v) is 4.06. The summed E-state index contributed by atoms with van der Waals surface area (Å²) in [4.78, 5) is 0. The molecule has 0 N–H and O–H groups in total. The van der Waals surface area contributed by atoms with Crippen LogP contribution in [0.2, 0.25) is 0 Å². The number of ether oxygens (including phenoxy) is 1. The van der Waals surface area contributed by atoms with E-state index in [4.69, 9.17) is 4.74 Å². The monoisotopic (exact) mass is 140 g/mol. The minimum atomic E-state index is 0.392. The normalized spacial score (nSPS) is 33.7. The van der Waals surface area contributed by atoms with Gasteiger partial charge in [0, 0.05) is 0 Å². The predicted octanol–water partition coefficient (Wildman–Crippen LogP) is 2.52. The lowest BCUT2D eigenvalue weighted by molar-refractivity contribution is 0.00838. The van der Waals surface area contributed by atoms with Gasteiger partial charge in [0.15, 0.2) is 0 Å². The lowest BCUT2D eigenvalue weighted by Gasteiger charge is -2.26. The Kier molecular flexibility index (Phi) is 2.50. The number of rotatable bonds is 1. The van der Waals surface area contributed by atoms with Gasteiger partial charge in [-0.15, -0.1) is 0 Å². The quantitative estimate of drug-likeness (QED) is 0.508. The number of hydrogen-bond donors (Lipinski definition) is 0. The van der Waals surface area contributed by atoms with E-state index in [1.807, 2.05) is 0 Å². The molecule has 0 fully saturated rings. The van der Waals surface area contributed by atoms with Crippen LogP contribution < -0.4 is 0 Å². The Morgan fingerprint density at radius 3 is 2.90 bits per heavy atom. The maximum Gasteiger partial charge on any atom is 0.0783 e. The molecule has 0 aromatic rings. The van der Waals surface area contributed by atoms with E-state index in [0.717, 1.165) is 12.8 Å². The summed E-state index contributed by atoms with van der Waals surface area (Å²) in [7, 11) is 0. The van der Waals surface area contributed by atoms with Crippen molar-refractivity contribution in [2.75, 3.05) is 0 Å². The van der Waals surface area contributed by atoms with Gasteiger partial charge in [0.05, 0.1) is 12.2 Å². The smallest absolute Gasteiger partial charge is 0.0783 e. The van der Waals surface area contributed by atoms with Gasteiger partial charge in [-0.05, 0) is 32.3 Å². The van der Waals surface area contributed by atoms with Gasteiger partial charge < -0.3 is 4.74 Å². The van der Waals surface area contributed by atoms with Crippen LogP contribution in [-0.4, -0.2) is 12.2 Å². The van der Waals surface area contributed by atoms with E-state index in [-0.39, 0.29) is 0 Å². The molecule has 0 aromatic carbocycles. The van der Waals surface area contributed by atoms with Crippen LogP contribution in [0, 0.1) is 0 Å². The van der Waals surface area contributed by atoms with Crippen molar-refractivity contribution in [2.24, 2.45) is 0 Å². The summed E-state index contributed by atoms with van der Waals surface area (Å²) in [5.41, 5.74) is 1.40. The van der Waals surface area contributed by atoms with Crippen molar-refractivity contribution >= 4 is 0 Å². The fourth-order valence-electron chi connectivity index (χ4n) is 1.34. The molecule has 1 aliphatic rings. The topological polar surface area (TPSA) is 9.23 Å². The molecule has 0 bridgehead atoms. The molecule has 2 atom stereocenters. The highest BCUT2D eigenvalue weighted by atomic mass is 16.5. The molecule has 0 aliphatic carbocycles. The highest BCUT2D eigenvalue weighted by molar-refractivity contribution is 5.08. The van der Waals surface area contributed by atoms with E-state index < -0.39 is 0 Å². The van der Waals surface area contributed by atoms with Gasteiger partial charge in [0.25, 0.3) is 0 Å². The molecule has 1 aliphatic heterocycles. The molecule has 2 unspecified atom stereocenters. The first kappa shape index (κ1) is 7.80. The lowest BCUT2D eigenvalue weighted by Crippen LogP contribution is -2.24. The van der Waals surface area contributed by atoms with E-state index in [2.05, 4.69) is 26.8 Å². The Balaban J connectivity index is 2.56. The summed E-state index contributed by atoms with van der Waals surface area (Å²) in [6.45, 7) is 6.45. The fourth-order valence-corrected chi connectivity index (χ4v) is 1.34. The van der Waals surface area contributed by atoms with Gasteiger partial charge in [-0.1, -0.05) is 13.0 Å². The Hall–Kier alpha value is -0.300. The van der Waals surface area contributed by atoms with Crippen LogP contribution in [0.1, 0.15) is 33.6 Å². The van der Waals surface area contributed by atoms with Crippen LogP contribution in [-0.2, 0) is 4.74 Å². The molecule has 0 radical (unpaired) electrons. The molecule has 10 heavy (non-hydrogen) atoms. The van der Waals surface area contributed by atoms with Crippen LogP contribution in [0.5, 0.6) is 0 Å². The zero-order valence-corrected chi connectivity index (χ0v) is 7.05.